The number of dihydropyridines is 1. The SMILES string of the molecule is O=c1c2ccc(F)cc2nc(NC2=CNCC(F)=C2)n1-c1ccccc1. The van der Waals surface area contributed by atoms with Crippen LogP contribution in [0, 0.1) is 5.82 Å². The number of anilines is 1. The van der Waals surface area contributed by atoms with Crippen LogP contribution in [0.25, 0.3) is 16.6 Å². The molecule has 7 heteroatoms. The normalized spacial score (nSPS) is 13.8. The number of fused-ring (bicyclic) bond motifs is 1. The van der Waals surface area contributed by atoms with Gasteiger partial charge in [0.25, 0.3) is 5.56 Å². The van der Waals surface area contributed by atoms with Crippen molar-refractivity contribution in [2.24, 2.45) is 0 Å². The van der Waals surface area contributed by atoms with Gasteiger partial charge in [0.15, 0.2) is 0 Å². The highest BCUT2D eigenvalue weighted by Crippen LogP contribution is 2.19. The summed E-state index contributed by atoms with van der Waals surface area (Å²) in [6.45, 7) is 0.104. The molecule has 5 nitrogen and oxygen atoms in total. The summed E-state index contributed by atoms with van der Waals surface area (Å²) in [7, 11) is 0. The van der Waals surface area contributed by atoms with Gasteiger partial charge in [-0.3, -0.25) is 4.79 Å². The van der Waals surface area contributed by atoms with Crippen LogP contribution in [0.5, 0.6) is 0 Å². The maximum Gasteiger partial charge on any atom is 0.267 e. The highest BCUT2D eigenvalue weighted by atomic mass is 19.1. The third-order valence-corrected chi connectivity index (χ3v) is 3.94. The number of rotatable bonds is 3. The van der Waals surface area contributed by atoms with Crippen LogP contribution in [0.15, 0.2) is 77.1 Å². The molecule has 4 rings (SSSR count). The van der Waals surface area contributed by atoms with E-state index in [0.29, 0.717) is 16.8 Å². The van der Waals surface area contributed by atoms with Crippen LogP contribution in [-0.2, 0) is 0 Å². The van der Waals surface area contributed by atoms with Crippen molar-refractivity contribution in [1.82, 2.24) is 14.9 Å². The fraction of sp³-hybridized carbons (Fsp3) is 0.0526. The molecule has 1 aromatic heterocycles. The summed E-state index contributed by atoms with van der Waals surface area (Å²) in [6.07, 6.45) is 2.90. The van der Waals surface area contributed by atoms with Crippen molar-refractivity contribution in [1.29, 1.82) is 0 Å². The molecule has 0 saturated carbocycles. The Morgan fingerprint density at radius 3 is 2.69 bits per heavy atom. The lowest BCUT2D eigenvalue weighted by Crippen LogP contribution is -2.25. The fourth-order valence-electron chi connectivity index (χ4n) is 2.78. The number of aromatic nitrogens is 2. The first-order chi connectivity index (χ1) is 12.6. The summed E-state index contributed by atoms with van der Waals surface area (Å²) in [5.74, 6) is -0.675. The number of nitrogens with one attached hydrogen (secondary N) is 2. The van der Waals surface area contributed by atoms with Gasteiger partial charge in [0.1, 0.15) is 11.6 Å². The van der Waals surface area contributed by atoms with Crippen LogP contribution in [-0.4, -0.2) is 16.1 Å². The molecule has 0 aliphatic carbocycles. The van der Waals surface area contributed by atoms with Gasteiger partial charge in [0.2, 0.25) is 5.95 Å². The van der Waals surface area contributed by atoms with Gasteiger partial charge in [-0.2, -0.15) is 0 Å². The van der Waals surface area contributed by atoms with Gasteiger partial charge >= 0.3 is 0 Å². The van der Waals surface area contributed by atoms with Crippen LogP contribution in [0.1, 0.15) is 0 Å². The van der Waals surface area contributed by atoms with Crippen LogP contribution >= 0.6 is 0 Å². The van der Waals surface area contributed by atoms with E-state index in [1.807, 2.05) is 6.07 Å². The lowest BCUT2D eigenvalue weighted by molar-refractivity contribution is 0.591. The molecule has 0 amide bonds. The lowest BCUT2D eigenvalue weighted by Gasteiger charge is -2.17. The van der Waals surface area contributed by atoms with Gasteiger partial charge in [-0.1, -0.05) is 18.2 Å². The molecule has 2 aromatic carbocycles. The fourth-order valence-corrected chi connectivity index (χ4v) is 2.78. The molecule has 0 bridgehead atoms. The molecule has 0 spiro atoms. The largest absolute Gasteiger partial charge is 0.383 e. The van der Waals surface area contributed by atoms with Crippen molar-refractivity contribution in [3.8, 4) is 5.69 Å². The van der Waals surface area contributed by atoms with E-state index in [-0.39, 0.29) is 29.4 Å². The number of para-hydroxylation sites is 1. The molecule has 3 aromatic rings. The topological polar surface area (TPSA) is 59.0 Å². The Morgan fingerprint density at radius 1 is 1.12 bits per heavy atom. The van der Waals surface area contributed by atoms with E-state index in [1.54, 1.807) is 30.5 Å². The average molecular weight is 352 g/mol. The first-order valence-corrected chi connectivity index (χ1v) is 7.96. The highest BCUT2D eigenvalue weighted by Gasteiger charge is 2.15. The Kier molecular flexibility index (Phi) is 3.96. The minimum atomic E-state index is -0.489. The van der Waals surface area contributed by atoms with Crippen molar-refractivity contribution in [2.75, 3.05) is 11.9 Å². The standard InChI is InChI=1S/C19H14F2N4O/c20-12-6-7-16-17(9-12)24-19(23-14-8-13(21)10-22-11-14)25(18(16)26)15-4-2-1-3-5-15/h1-9,11,22H,10H2,(H,23,24). The van der Waals surface area contributed by atoms with E-state index >= 15 is 0 Å². The van der Waals surface area contributed by atoms with Crippen LogP contribution in [0.3, 0.4) is 0 Å². The summed E-state index contributed by atoms with van der Waals surface area (Å²) in [5, 5.41) is 6.01. The third kappa shape index (κ3) is 2.95. The zero-order chi connectivity index (χ0) is 18.1. The van der Waals surface area contributed by atoms with E-state index in [1.165, 1.54) is 28.8 Å². The van der Waals surface area contributed by atoms with Crippen molar-refractivity contribution in [2.45, 2.75) is 0 Å². The Hall–Kier alpha value is -3.48. The molecular weight excluding hydrogens is 338 g/mol. The quantitative estimate of drug-likeness (QED) is 0.760. The average Bonchev–Trinajstić information content (AvgIpc) is 2.62. The van der Waals surface area contributed by atoms with Gasteiger partial charge in [0.05, 0.1) is 28.8 Å². The molecule has 0 unspecified atom stereocenters. The highest BCUT2D eigenvalue weighted by molar-refractivity contribution is 5.79. The summed E-state index contributed by atoms with van der Waals surface area (Å²) < 4.78 is 28.5. The van der Waals surface area contributed by atoms with E-state index in [9.17, 15) is 13.6 Å². The number of hydrogen-bond donors (Lipinski definition) is 2. The second-order valence-electron chi connectivity index (χ2n) is 5.77. The van der Waals surface area contributed by atoms with Crippen LogP contribution < -0.4 is 16.2 Å². The van der Waals surface area contributed by atoms with Gasteiger partial charge < -0.3 is 10.6 Å². The van der Waals surface area contributed by atoms with E-state index in [2.05, 4.69) is 15.6 Å². The second kappa shape index (κ2) is 6.44. The van der Waals surface area contributed by atoms with Crippen LogP contribution in [0.2, 0.25) is 0 Å². The van der Waals surface area contributed by atoms with Crippen molar-refractivity contribution in [3.63, 3.8) is 0 Å². The van der Waals surface area contributed by atoms with Gasteiger partial charge in [0, 0.05) is 12.3 Å². The number of nitrogens with zero attached hydrogens (tertiary/aromatic N) is 2. The maximum atomic E-state index is 13.6. The summed E-state index contributed by atoms with van der Waals surface area (Å²) in [5.41, 5.74) is 0.865. The minimum Gasteiger partial charge on any atom is -0.383 e. The zero-order valence-electron chi connectivity index (χ0n) is 13.5. The third-order valence-electron chi connectivity index (χ3n) is 3.94. The zero-order valence-corrected chi connectivity index (χ0v) is 13.5. The molecule has 2 N–H and O–H groups in total. The van der Waals surface area contributed by atoms with Crippen molar-refractivity contribution >= 4 is 16.9 Å². The summed E-state index contributed by atoms with van der Waals surface area (Å²) in [4.78, 5) is 17.4. The lowest BCUT2D eigenvalue weighted by atomic mass is 10.2. The Morgan fingerprint density at radius 2 is 1.92 bits per heavy atom. The molecule has 0 saturated heterocycles. The minimum absolute atomic E-state index is 0.104. The first-order valence-electron chi connectivity index (χ1n) is 7.96. The predicted octanol–water partition coefficient (Wildman–Crippen LogP) is 3.23. The summed E-state index contributed by atoms with van der Waals surface area (Å²) >= 11 is 0. The number of hydrogen-bond acceptors (Lipinski definition) is 4. The molecule has 0 radical (unpaired) electrons. The molecule has 130 valence electrons. The van der Waals surface area contributed by atoms with Crippen molar-refractivity contribution < 1.29 is 8.78 Å². The molecule has 0 atom stereocenters. The van der Waals surface area contributed by atoms with Crippen molar-refractivity contribution in [3.05, 3.63) is 88.5 Å². The monoisotopic (exact) mass is 352 g/mol. The van der Waals surface area contributed by atoms with E-state index in [4.69, 9.17) is 0 Å². The predicted molar refractivity (Wildman–Crippen MR) is 96.2 cm³/mol. The number of benzene rings is 2. The van der Waals surface area contributed by atoms with Gasteiger partial charge in [-0.25, -0.2) is 18.3 Å². The first kappa shape index (κ1) is 16.0. The van der Waals surface area contributed by atoms with Gasteiger partial charge in [-0.05, 0) is 30.3 Å². The molecule has 1 aliphatic heterocycles. The Labute approximate surface area is 147 Å². The molecule has 2 heterocycles. The molecule has 26 heavy (non-hydrogen) atoms. The van der Waals surface area contributed by atoms with E-state index in [0.717, 1.165) is 0 Å². The van der Waals surface area contributed by atoms with E-state index < -0.39 is 5.82 Å². The maximum absolute atomic E-state index is 13.6. The van der Waals surface area contributed by atoms with Gasteiger partial charge in [-0.15, -0.1) is 0 Å². The molecular formula is C19H14F2N4O. The Bertz CT molecular complexity index is 1100. The van der Waals surface area contributed by atoms with Crippen LogP contribution in [0.4, 0.5) is 14.7 Å². The second-order valence-corrected chi connectivity index (χ2v) is 5.77. The Balaban J connectivity index is 1.94. The molecule has 0 fully saturated rings. The smallest absolute Gasteiger partial charge is 0.267 e. The molecule has 1 aliphatic rings. The summed E-state index contributed by atoms with van der Waals surface area (Å²) in [6, 6.07) is 12.8. The number of allylic oxidation sites excluding steroid dienone is 1. The number of halogens is 2.